The van der Waals surface area contributed by atoms with Gasteiger partial charge in [0.05, 0.1) is 12.8 Å². The lowest BCUT2D eigenvalue weighted by atomic mass is 9.99. The number of benzene rings is 1. The Morgan fingerprint density at radius 2 is 2.25 bits per heavy atom. The highest BCUT2D eigenvalue weighted by Crippen LogP contribution is 2.24. The van der Waals surface area contributed by atoms with E-state index in [-0.39, 0.29) is 11.1 Å². The summed E-state index contributed by atoms with van der Waals surface area (Å²) in [5, 5.41) is 12.6. The van der Waals surface area contributed by atoms with Gasteiger partial charge in [0, 0.05) is 12.1 Å². The number of nitriles is 1. The third-order valence-electron chi connectivity index (χ3n) is 4.50. The van der Waals surface area contributed by atoms with Crippen LogP contribution in [0.4, 0.5) is 0 Å². The predicted molar refractivity (Wildman–Crippen MR) is 93.0 cm³/mol. The Kier molecular flexibility index (Phi) is 4.97. The number of rotatable bonds is 4. The highest BCUT2D eigenvalue weighted by atomic mass is 16.5. The van der Waals surface area contributed by atoms with E-state index < -0.39 is 0 Å². The average molecular weight is 323 g/mol. The van der Waals surface area contributed by atoms with Gasteiger partial charge in [-0.1, -0.05) is 12.1 Å². The van der Waals surface area contributed by atoms with E-state index in [4.69, 9.17) is 4.74 Å². The molecule has 0 amide bonds. The van der Waals surface area contributed by atoms with Gasteiger partial charge in [0.25, 0.3) is 5.56 Å². The lowest BCUT2D eigenvalue weighted by Gasteiger charge is -2.25. The average Bonchev–Trinajstić information content (AvgIpc) is 2.64. The van der Waals surface area contributed by atoms with Crippen molar-refractivity contribution in [2.75, 3.05) is 20.2 Å². The Bertz CT molecular complexity index is 814. The molecule has 1 aromatic heterocycles. The van der Waals surface area contributed by atoms with E-state index in [1.807, 2.05) is 36.4 Å². The minimum atomic E-state index is -0.219. The second-order valence-corrected chi connectivity index (χ2v) is 6.10. The van der Waals surface area contributed by atoms with E-state index in [1.165, 1.54) is 0 Å². The summed E-state index contributed by atoms with van der Waals surface area (Å²) >= 11 is 0. The van der Waals surface area contributed by atoms with Crippen LogP contribution in [0.5, 0.6) is 5.75 Å². The Labute approximate surface area is 141 Å². The second kappa shape index (κ2) is 7.33. The zero-order chi connectivity index (χ0) is 16.9. The van der Waals surface area contributed by atoms with Crippen LogP contribution in [0.15, 0.2) is 41.2 Å². The first-order chi connectivity index (χ1) is 11.7. The van der Waals surface area contributed by atoms with Gasteiger partial charge in [-0.05, 0) is 56.1 Å². The van der Waals surface area contributed by atoms with Crippen molar-refractivity contribution in [3.63, 3.8) is 0 Å². The number of methoxy groups -OCH3 is 1. The maximum absolute atomic E-state index is 12.7. The first-order valence-electron chi connectivity index (χ1n) is 8.22. The molecule has 2 aromatic rings. The van der Waals surface area contributed by atoms with Gasteiger partial charge in [-0.3, -0.25) is 4.79 Å². The number of nitrogens with one attached hydrogen (secondary N) is 1. The molecule has 124 valence electrons. The number of pyridine rings is 1. The molecule has 1 N–H and O–H groups in total. The summed E-state index contributed by atoms with van der Waals surface area (Å²) < 4.78 is 7.03. The molecule has 5 nitrogen and oxygen atoms in total. The maximum atomic E-state index is 12.7. The van der Waals surface area contributed by atoms with Gasteiger partial charge >= 0.3 is 0 Å². The van der Waals surface area contributed by atoms with Gasteiger partial charge in [0.2, 0.25) is 0 Å². The molecule has 0 spiro atoms. The number of nitrogens with zero attached hydrogens (tertiary/aromatic N) is 2. The summed E-state index contributed by atoms with van der Waals surface area (Å²) in [6.07, 6.45) is 2.21. The van der Waals surface area contributed by atoms with E-state index in [1.54, 1.807) is 17.7 Å². The zero-order valence-electron chi connectivity index (χ0n) is 13.8. The Hall–Kier alpha value is -2.58. The van der Waals surface area contributed by atoms with E-state index in [0.717, 1.165) is 42.9 Å². The zero-order valence-corrected chi connectivity index (χ0v) is 13.8. The molecule has 5 heteroatoms. The number of ether oxygens (including phenoxy) is 1. The molecule has 0 bridgehead atoms. The van der Waals surface area contributed by atoms with E-state index >= 15 is 0 Å². The first-order valence-corrected chi connectivity index (χ1v) is 8.22. The molecule has 1 aliphatic heterocycles. The Balaban J connectivity index is 2.06. The van der Waals surface area contributed by atoms with E-state index in [9.17, 15) is 10.1 Å². The lowest BCUT2D eigenvalue weighted by Crippen LogP contribution is -2.35. The summed E-state index contributed by atoms with van der Waals surface area (Å²) in [4.78, 5) is 12.7. The predicted octanol–water partition coefficient (Wildman–Crippen LogP) is 2.40. The summed E-state index contributed by atoms with van der Waals surface area (Å²) in [7, 11) is 1.62. The molecule has 0 radical (unpaired) electrons. The fourth-order valence-corrected chi connectivity index (χ4v) is 3.22. The fourth-order valence-electron chi connectivity index (χ4n) is 3.22. The minimum Gasteiger partial charge on any atom is -0.497 e. The molecule has 1 atom stereocenters. The normalized spacial score (nSPS) is 17.2. The quantitative estimate of drug-likeness (QED) is 0.938. The van der Waals surface area contributed by atoms with Crippen LogP contribution in [-0.2, 0) is 6.54 Å². The Morgan fingerprint density at radius 1 is 1.38 bits per heavy atom. The molecule has 1 fully saturated rings. The molecule has 1 aliphatic rings. The van der Waals surface area contributed by atoms with Crippen molar-refractivity contribution in [2.24, 2.45) is 5.92 Å². The van der Waals surface area contributed by atoms with Crippen LogP contribution in [0.3, 0.4) is 0 Å². The van der Waals surface area contributed by atoms with E-state index in [0.29, 0.717) is 12.5 Å². The topological polar surface area (TPSA) is 67.0 Å². The molecule has 1 aromatic carbocycles. The number of aromatic nitrogens is 1. The molecule has 0 aliphatic carbocycles. The lowest BCUT2D eigenvalue weighted by molar-refractivity contribution is 0.335. The number of hydrogen-bond donors (Lipinski definition) is 1. The van der Waals surface area contributed by atoms with Gasteiger partial charge in [0.15, 0.2) is 0 Å². The van der Waals surface area contributed by atoms with Gasteiger partial charge in [-0.2, -0.15) is 5.26 Å². The summed E-state index contributed by atoms with van der Waals surface area (Å²) in [5.41, 5.74) is 1.71. The maximum Gasteiger partial charge on any atom is 0.268 e. The van der Waals surface area contributed by atoms with Crippen LogP contribution in [0.2, 0.25) is 0 Å². The van der Waals surface area contributed by atoms with Crippen molar-refractivity contribution in [3.8, 4) is 23.1 Å². The summed E-state index contributed by atoms with van der Waals surface area (Å²) in [6.45, 7) is 2.56. The summed E-state index contributed by atoms with van der Waals surface area (Å²) in [6, 6.07) is 13.1. The van der Waals surface area contributed by atoms with Gasteiger partial charge in [-0.25, -0.2) is 0 Å². The van der Waals surface area contributed by atoms with Crippen LogP contribution < -0.4 is 15.6 Å². The van der Waals surface area contributed by atoms with Gasteiger partial charge in [0.1, 0.15) is 17.4 Å². The molecular formula is C19H21N3O2. The van der Waals surface area contributed by atoms with E-state index in [2.05, 4.69) is 5.32 Å². The SMILES string of the molecule is COc1cccc(-c2ccc(C#N)c(=O)n2CC2CCCNC2)c1. The van der Waals surface area contributed by atoms with Crippen LogP contribution in [0.25, 0.3) is 11.3 Å². The second-order valence-electron chi connectivity index (χ2n) is 6.10. The number of piperidine rings is 1. The van der Waals surface area contributed by atoms with Crippen LogP contribution in [0, 0.1) is 17.2 Å². The Morgan fingerprint density at radius 3 is 2.96 bits per heavy atom. The van der Waals surface area contributed by atoms with Gasteiger partial charge in [-0.15, -0.1) is 0 Å². The van der Waals surface area contributed by atoms with Crippen molar-refractivity contribution in [1.82, 2.24) is 9.88 Å². The molecule has 0 saturated carbocycles. The standard InChI is InChI=1S/C19H21N3O2/c1-24-17-6-2-5-15(10-17)18-8-7-16(11-20)19(23)22(18)13-14-4-3-9-21-12-14/h2,5-8,10,14,21H,3-4,9,12-13H2,1H3. The minimum absolute atomic E-state index is 0.186. The van der Waals surface area contributed by atoms with Crippen molar-refractivity contribution in [1.29, 1.82) is 5.26 Å². The van der Waals surface area contributed by atoms with Crippen LogP contribution in [0.1, 0.15) is 18.4 Å². The summed E-state index contributed by atoms with van der Waals surface area (Å²) in [5.74, 6) is 1.14. The molecule has 1 saturated heterocycles. The third-order valence-corrected chi connectivity index (χ3v) is 4.50. The molecule has 1 unspecified atom stereocenters. The molecular weight excluding hydrogens is 302 g/mol. The number of hydrogen-bond acceptors (Lipinski definition) is 4. The first kappa shape index (κ1) is 16.3. The highest BCUT2D eigenvalue weighted by Gasteiger charge is 2.18. The molecule has 24 heavy (non-hydrogen) atoms. The van der Waals surface area contributed by atoms with Crippen molar-refractivity contribution in [2.45, 2.75) is 19.4 Å². The van der Waals surface area contributed by atoms with Crippen LogP contribution >= 0.6 is 0 Å². The molecule has 2 heterocycles. The monoisotopic (exact) mass is 323 g/mol. The van der Waals surface area contributed by atoms with Crippen molar-refractivity contribution < 1.29 is 4.74 Å². The van der Waals surface area contributed by atoms with Crippen LogP contribution in [-0.4, -0.2) is 24.8 Å². The highest BCUT2D eigenvalue weighted by molar-refractivity contribution is 5.62. The fraction of sp³-hybridized carbons (Fsp3) is 0.368. The van der Waals surface area contributed by atoms with Crippen molar-refractivity contribution in [3.05, 3.63) is 52.3 Å². The third kappa shape index (κ3) is 3.34. The largest absolute Gasteiger partial charge is 0.497 e. The smallest absolute Gasteiger partial charge is 0.268 e. The molecule has 3 rings (SSSR count). The van der Waals surface area contributed by atoms with Gasteiger partial charge < -0.3 is 14.6 Å². The van der Waals surface area contributed by atoms with Crippen molar-refractivity contribution >= 4 is 0 Å².